The van der Waals surface area contributed by atoms with Gasteiger partial charge < -0.3 is 5.32 Å². The molecule has 3 heteroatoms. The smallest absolute Gasteiger partial charge is 0.239 e. The zero-order chi connectivity index (χ0) is 11.1. The Hall–Kier alpha value is -0.570. The largest absolute Gasteiger partial charge is 0.353 e. The first-order chi connectivity index (χ1) is 6.94. The Morgan fingerprint density at radius 1 is 1.27 bits per heavy atom. The van der Waals surface area contributed by atoms with Gasteiger partial charge in [-0.25, -0.2) is 0 Å². The monoisotopic (exact) mass is 210 g/mol. The minimum absolute atomic E-state index is 0.131. The SMILES string of the molecule is CC1CCC2(CC1)CNC(=O)C(C)(C)N2. The zero-order valence-electron chi connectivity index (χ0n) is 10.0. The molecule has 2 fully saturated rings. The summed E-state index contributed by atoms with van der Waals surface area (Å²) in [6.07, 6.45) is 4.94. The molecule has 1 spiro atoms. The van der Waals surface area contributed by atoms with Crippen molar-refractivity contribution in [1.82, 2.24) is 10.6 Å². The summed E-state index contributed by atoms with van der Waals surface area (Å²) in [7, 11) is 0. The van der Waals surface area contributed by atoms with Crippen LogP contribution in [0.4, 0.5) is 0 Å². The van der Waals surface area contributed by atoms with Crippen molar-refractivity contribution in [2.24, 2.45) is 5.92 Å². The van der Waals surface area contributed by atoms with Crippen LogP contribution in [0, 0.1) is 5.92 Å². The van der Waals surface area contributed by atoms with E-state index < -0.39 is 5.54 Å². The van der Waals surface area contributed by atoms with Crippen LogP contribution in [0.3, 0.4) is 0 Å². The van der Waals surface area contributed by atoms with E-state index in [0.29, 0.717) is 0 Å². The maximum Gasteiger partial charge on any atom is 0.239 e. The van der Waals surface area contributed by atoms with E-state index in [1.165, 1.54) is 25.7 Å². The number of amides is 1. The van der Waals surface area contributed by atoms with Gasteiger partial charge in [0, 0.05) is 12.1 Å². The van der Waals surface area contributed by atoms with E-state index in [9.17, 15) is 4.79 Å². The molecular weight excluding hydrogens is 188 g/mol. The molecule has 0 atom stereocenters. The van der Waals surface area contributed by atoms with Crippen molar-refractivity contribution in [3.63, 3.8) is 0 Å². The van der Waals surface area contributed by atoms with E-state index in [1.807, 2.05) is 13.8 Å². The Morgan fingerprint density at radius 3 is 2.40 bits per heavy atom. The van der Waals surface area contributed by atoms with Crippen LogP contribution in [-0.2, 0) is 4.79 Å². The summed E-state index contributed by atoms with van der Waals surface area (Å²) in [5.74, 6) is 0.977. The average Bonchev–Trinajstić information content (AvgIpc) is 2.17. The highest BCUT2D eigenvalue weighted by Gasteiger charge is 2.44. The summed E-state index contributed by atoms with van der Waals surface area (Å²) in [5.41, 5.74) is -0.233. The number of piperazine rings is 1. The maximum atomic E-state index is 11.6. The molecule has 1 saturated carbocycles. The summed E-state index contributed by atoms with van der Waals surface area (Å²) < 4.78 is 0. The van der Waals surface area contributed by atoms with Crippen LogP contribution in [0.25, 0.3) is 0 Å². The molecule has 2 N–H and O–H groups in total. The quantitative estimate of drug-likeness (QED) is 0.635. The Bertz CT molecular complexity index is 265. The number of hydrogen-bond acceptors (Lipinski definition) is 2. The van der Waals surface area contributed by atoms with E-state index >= 15 is 0 Å². The highest BCUT2D eigenvalue weighted by Crippen LogP contribution is 2.34. The van der Waals surface area contributed by atoms with E-state index in [-0.39, 0.29) is 11.4 Å². The molecule has 2 rings (SSSR count). The van der Waals surface area contributed by atoms with Crippen molar-refractivity contribution in [2.75, 3.05) is 6.54 Å². The van der Waals surface area contributed by atoms with Gasteiger partial charge in [-0.1, -0.05) is 6.92 Å². The minimum atomic E-state index is -0.404. The minimum Gasteiger partial charge on any atom is -0.353 e. The van der Waals surface area contributed by atoms with Gasteiger partial charge in [0.2, 0.25) is 5.91 Å². The molecule has 3 nitrogen and oxygen atoms in total. The van der Waals surface area contributed by atoms with Gasteiger partial charge >= 0.3 is 0 Å². The molecule has 1 heterocycles. The summed E-state index contributed by atoms with van der Waals surface area (Å²) >= 11 is 0. The molecule has 0 radical (unpaired) electrons. The van der Waals surface area contributed by atoms with Crippen LogP contribution >= 0.6 is 0 Å². The summed E-state index contributed by atoms with van der Waals surface area (Å²) in [6, 6.07) is 0. The number of nitrogens with one attached hydrogen (secondary N) is 2. The topological polar surface area (TPSA) is 41.1 Å². The summed E-state index contributed by atoms with van der Waals surface area (Å²) in [5, 5.41) is 6.61. The van der Waals surface area contributed by atoms with Crippen LogP contribution in [0.5, 0.6) is 0 Å². The second kappa shape index (κ2) is 3.48. The van der Waals surface area contributed by atoms with E-state index in [0.717, 1.165) is 12.5 Å². The van der Waals surface area contributed by atoms with Crippen LogP contribution < -0.4 is 10.6 Å². The normalized spacial score (nSPS) is 40.2. The molecule has 1 saturated heterocycles. The van der Waals surface area contributed by atoms with Gasteiger partial charge in [0.1, 0.15) is 0 Å². The molecule has 1 aliphatic carbocycles. The Morgan fingerprint density at radius 2 is 1.87 bits per heavy atom. The summed E-state index contributed by atoms with van der Waals surface area (Å²) in [6.45, 7) is 7.07. The molecule has 0 aromatic carbocycles. The highest BCUT2D eigenvalue weighted by atomic mass is 16.2. The van der Waals surface area contributed by atoms with Gasteiger partial charge in [-0.05, 0) is 45.4 Å². The molecule has 0 aromatic rings. The lowest BCUT2D eigenvalue weighted by atomic mass is 9.74. The van der Waals surface area contributed by atoms with Crippen molar-refractivity contribution >= 4 is 5.91 Å². The number of rotatable bonds is 0. The van der Waals surface area contributed by atoms with Gasteiger partial charge in [0.05, 0.1) is 5.54 Å². The average molecular weight is 210 g/mol. The lowest BCUT2D eigenvalue weighted by Crippen LogP contribution is -2.71. The predicted molar refractivity (Wildman–Crippen MR) is 60.6 cm³/mol. The van der Waals surface area contributed by atoms with Crippen molar-refractivity contribution in [2.45, 2.75) is 57.5 Å². The fourth-order valence-corrected chi connectivity index (χ4v) is 2.85. The van der Waals surface area contributed by atoms with Crippen molar-refractivity contribution in [1.29, 1.82) is 0 Å². The van der Waals surface area contributed by atoms with Gasteiger partial charge in [-0.2, -0.15) is 0 Å². The fourth-order valence-electron chi connectivity index (χ4n) is 2.85. The molecule has 0 bridgehead atoms. The third-order valence-electron chi connectivity index (χ3n) is 3.96. The van der Waals surface area contributed by atoms with Gasteiger partial charge in [0.15, 0.2) is 0 Å². The second-order valence-corrected chi connectivity index (χ2v) is 5.90. The molecular formula is C12H22N2O. The van der Waals surface area contributed by atoms with Crippen molar-refractivity contribution in [3.8, 4) is 0 Å². The second-order valence-electron chi connectivity index (χ2n) is 5.90. The van der Waals surface area contributed by atoms with Gasteiger partial charge in [-0.15, -0.1) is 0 Å². The lowest BCUT2D eigenvalue weighted by Gasteiger charge is -2.49. The van der Waals surface area contributed by atoms with Crippen LogP contribution in [0.15, 0.2) is 0 Å². The fraction of sp³-hybridized carbons (Fsp3) is 0.917. The number of carbonyl (C=O) groups is 1. The summed E-state index contributed by atoms with van der Waals surface area (Å²) in [4.78, 5) is 11.6. The van der Waals surface area contributed by atoms with Gasteiger partial charge in [0.25, 0.3) is 0 Å². The Labute approximate surface area is 92.0 Å². The predicted octanol–water partition coefficient (Wildman–Crippen LogP) is 1.43. The Kier molecular flexibility index (Phi) is 2.53. The molecule has 0 unspecified atom stereocenters. The van der Waals surface area contributed by atoms with Crippen molar-refractivity contribution in [3.05, 3.63) is 0 Å². The van der Waals surface area contributed by atoms with E-state index in [1.54, 1.807) is 0 Å². The highest BCUT2D eigenvalue weighted by molar-refractivity contribution is 5.86. The van der Waals surface area contributed by atoms with Crippen LogP contribution in [-0.4, -0.2) is 23.5 Å². The maximum absolute atomic E-state index is 11.6. The van der Waals surface area contributed by atoms with Crippen LogP contribution in [0.1, 0.15) is 46.5 Å². The third kappa shape index (κ3) is 2.03. The zero-order valence-corrected chi connectivity index (χ0v) is 10.0. The standard InChI is InChI=1S/C12H22N2O/c1-9-4-6-12(7-5-9)8-13-10(15)11(2,3)14-12/h9,14H,4-8H2,1-3H3,(H,13,15). The Balaban J connectivity index is 2.08. The van der Waals surface area contributed by atoms with E-state index in [2.05, 4.69) is 17.6 Å². The molecule has 15 heavy (non-hydrogen) atoms. The molecule has 2 aliphatic rings. The lowest BCUT2D eigenvalue weighted by molar-refractivity contribution is -0.131. The van der Waals surface area contributed by atoms with E-state index in [4.69, 9.17) is 0 Å². The number of hydrogen-bond donors (Lipinski definition) is 2. The van der Waals surface area contributed by atoms with Gasteiger partial charge in [-0.3, -0.25) is 10.1 Å². The first-order valence-corrected chi connectivity index (χ1v) is 6.01. The first-order valence-electron chi connectivity index (χ1n) is 6.01. The molecule has 86 valence electrons. The third-order valence-corrected chi connectivity index (χ3v) is 3.96. The van der Waals surface area contributed by atoms with Crippen LogP contribution in [0.2, 0.25) is 0 Å². The molecule has 1 aliphatic heterocycles. The molecule has 0 aromatic heterocycles. The first kappa shape index (κ1) is 10.9. The molecule has 1 amide bonds. The number of carbonyl (C=O) groups excluding carboxylic acids is 1. The van der Waals surface area contributed by atoms with Crippen molar-refractivity contribution < 1.29 is 4.79 Å².